The molecule has 1 aromatic rings. The molecule has 0 saturated carbocycles. The number of hydrogen-bond donors (Lipinski definition) is 1. The lowest BCUT2D eigenvalue weighted by Gasteiger charge is -2.21. The van der Waals surface area contributed by atoms with Gasteiger partial charge in [0.15, 0.2) is 0 Å². The van der Waals surface area contributed by atoms with E-state index in [2.05, 4.69) is 9.80 Å². The number of hydrogen-bond acceptors (Lipinski definition) is 3. The van der Waals surface area contributed by atoms with Gasteiger partial charge in [0.2, 0.25) is 0 Å². The maximum absolute atomic E-state index is 13.0. The molecule has 0 fully saturated rings. The van der Waals surface area contributed by atoms with Crippen LogP contribution in [0.5, 0.6) is 0 Å². The van der Waals surface area contributed by atoms with Crippen LogP contribution in [0.25, 0.3) is 0 Å². The van der Waals surface area contributed by atoms with Crippen molar-refractivity contribution in [2.24, 2.45) is 0 Å². The first kappa shape index (κ1) is 16.0. The predicted octanol–water partition coefficient (Wildman–Crippen LogP) is 1.88. The molecule has 0 bridgehead atoms. The molecule has 1 rings (SSSR count). The summed E-state index contributed by atoms with van der Waals surface area (Å²) in [5, 5.41) is 9.93. The van der Waals surface area contributed by atoms with Gasteiger partial charge in [0.25, 0.3) is 0 Å². The number of likely N-dealkylation sites (N-methyl/N-ethyl adjacent to an activating group) is 2. The lowest BCUT2D eigenvalue weighted by atomic mass is 10.1. The molecule has 0 heterocycles. The fraction of sp³-hybridized carbons (Fsp3) is 0.571. The number of benzene rings is 1. The van der Waals surface area contributed by atoms with Gasteiger partial charge in [-0.25, -0.2) is 8.78 Å². The molecule has 1 atom stereocenters. The van der Waals surface area contributed by atoms with E-state index < -0.39 is 17.7 Å². The van der Waals surface area contributed by atoms with Crippen LogP contribution < -0.4 is 0 Å². The van der Waals surface area contributed by atoms with E-state index >= 15 is 0 Å². The minimum absolute atomic E-state index is 0.290. The first-order chi connectivity index (χ1) is 8.88. The second-order valence-electron chi connectivity index (χ2n) is 5.11. The molecule has 5 heteroatoms. The summed E-state index contributed by atoms with van der Waals surface area (Å²) in [5.74, 6) is -1.31. The Bertz CT molecular complexity index is 379. The quantitative estimate of drug-likeness (QED) is 0.821. The molecule has 0 aliphatic heterocycles. The number of aliphatic hydroxyl groups is 1. The van der Waals surface area contributed by atoms with E-state index in [0.717, 1.165) is 19.2 Å². The van der Waals surface area contributed by atoms with Crippen LogP contribution in [-0.2, 0) is 0 Å². The Kier molecular flexibility index (Phi) is 6.34. The van der Waals surface area contributed by atoms with Gasteiger partial charge in [-0.05, 0) is 45.3 Å². The standard InChI is InChI=1S/C14H22F2N2O/c1-17(2)6-7-18(3)5-4-14(19)11-8-12(15)10-13(16)9-11/h8-10,14,19H,4-7H2,1-3H3. The highest BCUT2D eigenvalue weighted by molar-refractivity contribution is 5.20. The van der Waals surface area contributed by atoms with E-state index in [1.54, 1.807) is 0 Å². The Hall–Kier alpha value is -1.04. The van der Waals surface area contributed by atoms with Gasteiger partial charge in [0, 0.05) is 25.7 Å². The van der Waals surface area contributed by atoms with Gasteiger partial charge in [-0.1, -0.05) is 0 Å². The third kappa shape index (κ3) is 6.09. The molecule has 0 spiro atoms. The van der Waals surface area contributed by atoms with Gasteiger partial charge >= 0.3 is 0 Å². The van der Waals surface area contributed by atoms with Crippen molar-refractivity contribution in [2.45, 2.75) is 12.5 Å². The topological polar surface area (TPSA) is 26.7 Å². The monoisotopic (exact) mass is 272 g/mol. The number of halogens is 2. The molecule has 0 radical (unpaired) electrons. The Labute approximate surface area is 113 Å². The van der Waals surface area contributed by atoms with Crippen molar-refractivity contribution in [1.82, 2.24) is 9.80 Å². The van der Waals surface area contributed by atoms with Crippen molar-refractivity contribution in [3.8, 4) is 0 Å². The summed E-state index contributed by atoms with van der Waals surface area (Å²) in [7, 11) is 5.96. The molecule has 108 valence electrons. The first-order valence-electron chi connectivity index (χ1n) is 6.36. The van der Waals surface area contributed by atoms with E-state index in [4.69, 9.17) is 0 Å². The normalized spacial score (nSPS) is 13.3. The molecular formula is C14H22F2N2O. The molecule has 19 heavy (non-hydrogen) atoms. The Morgan fingerprint density at radius 2 is 1.58 bits per heavy atom. The summed E-state index contributed by atoms with van der Waals surface area (Å²) < 4.78 is 26.1. The highest BCUT2D eigenvalue weighted by atomic mass is 19.1. The zero-order valence-electron chi connectivity index (χ0n) is 11.7. The Morgan fingerprint density at radius 1 is 1.00 bits per heavy atom. The van der Waals surface area contributed by atoms with Crippen molar-refractivity contribution >= 4 is 0 Å². The summed E-state index contributed by atoms with van der Waals surface area (Å²) in [4.78, 5) is 4.16. The number of nitrogens with zero attached hydrogens (tertiary/aromatic N) is 2. The van der Waals surface area contributed by atoms with Crippen molar-refractivity contribution in [3.05, 3.63) is 35.4 Å². The van der Waals surface area contributed by atoms with Crippen molar-refractivity contribution < 1.29 is 13.9 Å². The van der Waals surface area contributed by atoms with Gasteiger partial charge in [-0.3, -0.25) is 0 Å². The van der Waals surface area contributed by atoms with Crippen LogP contribution in [0.2, 0.25) is 0 Å². The average Bonchev–Trinajstić information content (AvgIpc) is 2.32. The zero-order chi connectivity index (χ0) is 14.4. The van der Waals surface area contributed by atoms with E-state index in [-0.39, 0.29) is 0 Å². The van der Waals surface area contributed by atoms with Crippen LogP contribution in [0.15, 0.2) is 18.2 Å². The fourth-order valence-electron chi connectivity index (χ4n) is 1.76. The second-order valence-corrected chi connectivity index (χ2v) is 5.11. The maximum atomic E-state index is 13.0. The fourth-order valence-corrected chi connectivity index (χ4v) is 1.76. The maximum Gasteiger partial charge on any atom is 0.126 e. The van der Waals surface area contributed by atoms with Gasteiger partial charge in [-0.15, -0.1) is 0 Å². The van der Waals surface area contributed by atoms with Crippen LogP contribution in [0, 0.1) is 11.6 Å². The van der Waals surface area contributed by atoms with E-state index in [1.807, 2.05) is 21.1 Å². The smallest absolute Gasteiger partial charge is 0.126 e. The van der Waals surface area contributed by atoms with E-state index in [9.17, 15) is 13.9 Å². The Balaban J connectivity index is 2.44. The minimum atomic E-state index is -0.841. The molecule has 3 nitrogen and oxygen atoms in total. The highest BCUT2D eigenvalue weighted by Crippen LogP contribution is 2.19. The molecule has 0 aliphatic rings. The zero-order valence-corrected chi connectivity index (χ0v) is 11.7. The van der Waals surface area contributed by atoms with Crippen molar-refractivity contribution in [1.29, 1.82) is 0 Å². The van der Waals surface area contributed by atoms with Crippen LogP contribution in [0.3, 0.4) is 0 Å². The van der Waals surface area contributed by atoms with E-state index in [1.165, 1.54) is 12.1 Å². The highest BCUT2D eigenvalue weighted by Gasteiger charge is 2.11. The number of rotatable bonds is 7. The largest absolute Gasteiger partial charge is 0.388 e. The van der Waals surface area contributed by atoms with Crippen LogP contribution >= 0.6 is 0 Å². The average molecular weight is 272 g/mol. The summed E-state index contributed by atoms with van der Waals surface area (Å²) in [6.45, 7) is 2.49. The van der Waals surface area contributed by atoms with Crippen molar-refractivity contribution in [2.75, 3.05) is 40.8 Å². The lowest BCUT2D eigenvalue weighted by Crippen LogP contribution is -2.30. The molecule has 0 amide bonds. The Morgan fingerprint density at radius 3 is 2.11 bits per heavy atom. The van der Waals surface area contributed by atoms with Crippen LogP contribution in [-0.4, -0.2) is 55.7 Å². The molecule has 1 N–H and O–H groups in total. The minimum Gasteiger partial charge on any atom is -0.388 e. The third-order valence-electron chi connectivity index (χ3n) is 2.98. The van der Waals surface area contributed by atoms with Crippen LogP contribution in [0.4, 0.5) is 8.78 Å². The van der Waals surface area contributed by atoms with Gasteiger partial charge in [0.05, 0.1) is 6.10 Å². The van der Waals surface area contributed by atoms with Gasteiger partial charge in [0.1, 0.15) is 11.6 Å². The molecular weight excluding hydrogens is 250 g/mol. The molecule has 0 saturated heterocycles. The summed E-state index contributed by atoms with van der Waals surface area (Å²) in [5.41, 5.74) is 0.290. The van der Waals surface area contributed by atoms with Gasteiger partial charge in [-0.2, -0.15) is 0 Å². The van der Waals surface area contributed by atoms with Crippen LogP contribution in [0.1, 0.15) is 18.1 Å². The van der Waals surface area contributed by atoms with Crippen molar-refractivity contribution in [3.63, 3.8) is 0 Å². The predicted molar refractivity (Wildman–Crippen MR) is 72.0 cm³/mol. The number of aliphatic hydroxyl groups excluding tert-OH is 1. The second kappa shape index (κ2) is 7.53. The summed E-state index contributed by atoms with van der Waals surface area (Å²) in [6.07, 6.45) is -0.390. The third-order valence-corrected chi connectivity index (χ3v) is 2.98. The summed E-state index contributed by atoms with van der Waals surface area (Å²) >= 11 is 0. The molecule has 1 aromatic carbocycles. The lowest BCUT2D eigenvalue weighted by molar-refractivity contribution is 0.146. The molecule has 0 aliphatic carbocycles. The molecule has 0 aromatic heterocycles. The molecule has 1 unspecified atom stereocenters. The van der Waals surface area contributed by atoms with Gasteiger partial charge < -0.3 is 14.9 Å². The van der Waals surface area contributed by atoms with E-state index in [0.29, 0.717) is 18.5 Å². The summed E-state index contributed by atoms with van der Waals surface area (Å²) in [6, 6.07) is 3.15. The SMILES string of the molecule is CN(C)CCN(C)CCC(O)c1cc(F)cc(F)c1. The first-order valence-corrected chi connectivity index (χ1v) is 6.36.